The van der Waals surface area contributed by atoms with Crippen molar-refractivity contribution >= 4 is 27.5 Å². The number of aromatic nitrogens is 5. The minimum Gasteiger partial charge on any atom is -0.338 e. The van der Waals surface area contributed by atoms with Crippen LogP contribution in [0.1, 0.15) is 18.5 Å². The third kappa shape index (κ3) is 3.61. The monoisotopic (exact) mass is 405 g/mol. The van der Waals surface area contributed by atoms with E-state index in [1.54, 1.807) is 16.0 Å². The zero-order chi connectivity index (χ0) is 19.8. The average Bonchev–Trinajstić information content (AvgIpc) is 3.42. The van der Waals surface area contributed by atoms with Crippen molar-refractivity contribution in [3.63, 3.8) is 0 Å². The molecular weight excluding hydrogens is 382 g/mol. The van der Waals surface area contributed by atoms with Gasteiger partial charge in [-0.1, -0.05) is 6.07 Å². The predicted octanol–water partition coefficient (Wildman–Crippen LogP) is 3.37. The van der Waals surface area contributed by atoms with E-state index in [1.807, 2.05) is 37.3 Å². The van der Waals surface area contributed by atoms with Gasteiger partial charge in [-0.3, -0.25) is 9.58 Å². The summed E-state index contributed by atoms with van der Waals surface area (Å²) in [6.07, 6.45) is 7.58. The predicted molar refractivity (Wildman–Crippen MR) is 116 cm³/mol. The highest BCUT2D eigenvalue weighted by atomic mass is 32.1. The molecule has 1 aliphatic rings. The van der Waals surface area contributed by atoms with E-state index in [0.717, 1.165) is 48.8 Å². The van der Waals surface area contributed by atoms with E-state index in [4.69, 9.17) is 0 Å². The van der Waals surface area contributed by atoms with Crippen LogP contribution in [0.3, 0.4) is 0 Å². The van der Waals surface area contributed by atoms with Crippen molar-refractivity contribution in [2.75, 3.05) is 31.1 Å². The first-order valence-corrected chi connectivity index (χ1v) is 10.7. The number of anilines is 1. The number of aryl methyl sites for hydroxylation is 1. The molecule has 0 bridgehead atoms. The number of hydrogen-bond donors (Lipinski definition) is 0. The van der Waals surface area contributed by atoms with Gasteiger partial charge in [0.15, 0.2) is 0 Å². The van der Waals surface area contributed by atoms with E-state index in [1.165, 1.54) is 10.3 Å². The van der Waals surface area contributed by atoms with E-state index in [0.29, 0.717) is 6.04 Å². The van der Waals surface area contributed by atoms with Crippen molar-refractivity contribution in [3.05, 3.63) is 54.1 Å². The lowest BCUT2D eigenvalue weighted by Gasteiger charge is -2.38. The molecule has 1 unspecified atom stereocenters. The van der Waals surface area contributed by atoms with Gasteiger partial charge in [0.25, 0.3) is 0 Å². The summed E-state index contributed by atoms with van der Waals surface area (Å²) in [5.41, 5.74) is 6.37. The van der Waals surface area contributed by atoms with Crippen LogP contribution in [0.15, 0.2) is 48.5 Å². The summed E-state index contributed by atoms with van der Waals surface area (Å²) in [5.74, 6) is 0.800. The molecule has 4 heterocycles. The Morgan fingerprint density at radius 2 is 1.76 bits per heavy atom. The molecule has 0 spiro atoms. The van der Waals surface area contributed by atoms with Gasteiger partial charge in [0.2, 0.25) is 5.95 Å². The van der Waals surface area contributed by atoms with Gasteiger partial charge >= 0.3 is 0 Å². The second-order valence-corrected chi connectivity index (χ2v) is 8.34. The Kier molecular flexibility index (Phi) is 4.73. The lowest BCUT2D eigenvalue weighted by Crippen LogP contribution is -2.47. The zero-order valence-corrected chi connectivity index (χ0v) is 17.4. The Morgan fingerprint density at radius 3 is 2.48 bits per heavy atom. The summed E-state index contributed by atoms with van der Waals surface area (Å²) in [4.78, 5) is 18.4. The highest BCUT2D eigenvalue weighted by molar-refractivity contribution is 7.16. The van der Waals surface area contributed by atoms with Crippen molar-refractivity contribution in [1.82, 2.24) is 29.6 Å². The van der Waals surface area contributed by atoms with E-state index in [-0.39, 0.29) is 0 Å². The molecule has 7 nitrogen and oxygen atoms in total. The molecule has 0 amide bonds. The van der Waals surface area contributed by atoms with Crippen LogP contribution in [0.5, 0.6) is 0 Å². The van der Waals surface area contributed by atoms with Crippen molar-refractivity contribution in [1.29, 1.82) is 0 Å². The minimum atomic E-state index is 0.372. The molecule has 29 heavy (non-hydrogen) atoms. The summed E-state index contributed by atoms with van der Waals surface area (Å²) in [7, 11) is 1.91. The molecule has 0 N–H and O–H groups in total. The SMILES string of the molecule is CC(c1ccc2scnc2c1)N1CCN(c2ncc(-c3cnn(C)c3)cn2)CC1. The molecule has 1 aliphatic heterocycles. The molecular formula is C21H23N7S. The number of hydrogen-bond acceptors (Lipinski definition) is 7. The maximum Gasteiger partial charge on any atom is 0.225 e. The Morgan fingerprint density at radius 1 is 0.966 bits per heavy atom. The van der Waals surface area contributed by atoms with Crippen LogP contribution >= 0.6 is 11.3 Å². The third-order valence-corrected chi connectivity index (χ3v) is 6.47. The summed E-state index contributed by atoms with van der Waals surface area (Å²) < 4.78 is 3.04. The number of rotatable bonds is 4. The molecule has 0 saturated carbocycles. The van der Waals surface area contributed by atoms with Crippen LogP contribution in [0.4, 0.5) is 5.95 Å². The van der Waals surface area contributed by atoms with E-state index in [2.05, 4.69) is 55.0 Å². The van der Waals surface area contributed by atoms with Crippen LogP contribution in [-0.2, 0) is 7.05 Å². The molecule has 148 valence electrons. The number of nitrogens with zero attached hydrogens (tertiary/aromatic N) is 7. The maximum atomic E-state index is 4.60. The summed E-state index contributed by atoms with van der Waals surface area (Å²) >= 11 is 1.69. The maximum absolute atomic E-state index is 4.60. The first kappa shape index (κ1) is 18.2. The lowest BCUT2D eigenvalue weighted by molar-refractivity contribution is 0.198. The normalized spacial score (nSPS) is 16.4. The summed E-state index contributed by atoms with van der Waals surface area (Å²) in [5, 5.41) is 4.21. The summed E-state index contributed by atoms with van der Waals surface area (Å²) in [6.45, 7) is 6.11. The molecule has 1 saturated heterocycles. The quantitative estimate of drug-likeness (QED) is 0.519. The fourth-order valence-electron chi connectivity index (χ4n) is 3.86. The molecule has 3 aromatic heterocycles. The molecule has 5 rings (SSSR count). The Labute approximate surface area is 173 Å². The Balaban J connectivity index is 1.24. The van der Waals surface area contributed by atoms with Crippen LogP contribution in [0.2, 0.25) is 0 Å². The van der Waals surface area contributed by atoms with Crippen LogP contribution in [0.25, 0.3) is 21.3 Å². The smallest absolute Gasteiger partial charge is 0.225 e. The van der Waals surface area contributed by atoms with Gasteiger partial charge in [-0.2, -0.15) is 5.10 Å². The molecule has 0 radical (unpaired) electrons. The van der Waals surface area contributed by atoms with Crippen molar-refractivity contribution in [3.8, 4) is 11.1 Å². The Bertz CT molecular complexity index is 1110. The van der Waals surface area contributed by atoms with Gasteiger partial charge in [0, 0.05) is 69.0 Å². The molecule has 1 atom stereocenters. The van der Waals surface area contributed by atoms with Crippen molar-refractivity contribution < 1.29 is 0 Å². The van der Waals surface area contributed by atoms with Gasteiger partial charge < -0.3 is 4.90 Å². The van der Waals surface area contributed by atoms with Crippen LogP contribution in [-0.4, -0.2) is 55.8 Å². The number of thiazole rings is 1. The van der Waals surface area contributed by atoms with Gasteiger partial charge in [0.05, 0.1) is 21.9 Å². The van der Waals surface area contributed by atoms with Crippen molar-refractivity contribution in [2.45, 2.75) is 13.0 Å². The van der Waals surface area contributed by atoms with Gasteiger partial charge in [-0.15, -0.1) is 11.3 Å². The fraction of sp³-hybridized carbons (Fsp3) is 0.333. The van der Waals surface area contributed by atoms with Crippen LogP contribution < -0.4 is 4.90 Å². The average molecular weight is 406 g/mol. The first-order chi connectivity index (χ1) is 14.2. The largest absolute Gasteiger partial charge is 0.338 e. The topological polar surface area (TPSA) is 63.0 Å². The highest BCUT2D eigenvalue weighted by Crippen LogP contribution is 2.27. The van der Waals surface area contributed by atoms with Gasteiger partial charge in [-0.25, -0.2) is 15.0 Å². The number of benzene rings is 1. The first-order valence-electron chi connectivity index (χ1n) is 9.80. The van der Waals surface area contributed by atoms with E-state index >= 15 is 0 Å². The van der Waals surface area contributed by atoms with Gasteiger partial charge in [0.1, 0.15) is 0 Å². The molecule has 1 fully saturated rings. The fourth-order valence-corrected chi connectivity index (χ4v) is 4.52. The van der Waals surface area contributed by atoms with Crippen molar-refractivity contribution in [2.24, 2.45) is 7.05 Å². The lowest BCUT2D eigenvalue weighted by atomic mass is 10.1. The van der Waals surface area contributed by atoms with Gasteiger partial charge in [-0.05, 0) is 24.6 Å². The molecule has 4 aromatic rings. The van der Waals surface area contributed by atoms with E-state index < -0.39 is 0 Å². The molecule has 1 aromatic carbocycles. The van der Waals surface area contributed by atoms with E-state index in [9.17, 15) is 0 Å². The second kappa shape index (κ2) is 7.53. The summed E-state index contributed by atoms with van der Waals surface area (Å²) in [6, 6.07) is 7.02. The highest BCUT2D eigenvalue weighted by Gasteiger charge is 2.23. The standard InChI is InChI=1S/C21H23N7S/c1-15(16-3-4-20-19(9-16)24-14-29-20)27-5-7-28(8-6-27)21-22-10-17(11-23-21)18-12-25-26(2)13-18/h3-4,9-15H,5-8H2,1-2H3. The second-order valence-electron chi connectivity index (χ2n) is 7.45. The van der Waals surface area contributed by atoms with Crippen LogP contribution in [0, 0.1) is 0 Å². The molecule has 8 heteroatoms. The minimum absolute atomic E-state index is 0.372. The number of piperazine rings is 1. The third-order valence-electron chi connectivity index (χ3n) is 5.66. The number of fused-ring (bicyclic) bond motifs is 1. The molecule has 0 aliphatic carbocycles. The zero-order valence-electron chi connectivity index (χ0n) is 16.6. The Hall–Kier alpha value is -2.84.